The van der Waals surface area contributed by atoms with E-state index in [9.17, 15) is 0 Å². The molecule has 12 aromatic rings. The second kappa shape index (κ2) is 12.8. The first-order valence-corrected chi connectivity index (χ1v) is 20.5. The highest BCUT2D eigenvalue weighted by atomic mass is 32.1. The predicted octanol–water partition coefficient (Wildman–Crippen LogP) is 14.8. The summed E-state index contributed by atoms with van der Waals surface area (Å²) in [7, 11) is 0. The Bertz CT molecular complexity index is 3470. The van der Waals surface area contributed by atoms with Gasteiger partial charge in [0.2, 0.25) is 0 Å². The number of hydrogen-bond acceptors (Lipinski definition) is 6. The summed E-state index contributed by atoms with van der Waals surface area (Å²) in [6, 6.07) is 62.2. The molecule has 266 valence electrons. The van der Waals surface area contributed by atoms with E-state index in [2.05, 4.69) is 115 Å². The number of aromatic nitrogens is 3. The Labute approximate surface area is 335 Å². The van der Waals surface area contributed by atoms with Crippen LogP contribution < -0.4 is 0 Å². The zero-order valence-corrected chi connectivity index (χ0v) is 31.9. The predicted molar refractivity (Wildman–Crippen MR) is 240 cm³/mol. The number of thiophene rings is 2. The Morgan fingerprint density at radius 3 is 1.44 bits per heavy atom. The third-order valence-corrected chi connectivity index (χ3v) is 13.2. The molecule has 57 heavy (non-hydrogen) atoms. The summed E-state index contributed by atoms with van der Waals surface area (Å²) in [5.41, 5.74) is 8.88. The van der Waals surface area contributed by atoms with Crippen molar-refractivity contribution in [3.63, 3.8) is 0 Å². The molecule has 0 aliphatic carbocycles. The highest BCUT2D eigenvalue weighted by Crippen LogP contribution is 2.44. The van der Waals surface area contributed by atoms with Crippen molar-refractivity contribution in [3.05, 3.63) is 176 Å². The lowest BCUT2D eigenvalue weighted by Gasteiger charge is -2.09. The lowest BCUT2D eigenvalue weighted by atomic mass is 9.94. The molecule has 0 amide bonds. The Morgan fingerprint density at radius 1 is 0.316 bits per heavy atom. The molecule has 12 rings (SSSR count). The number of rotatable bonds is 5. The third-order valence-electron chi connectivity index (χ3n) is 10.9. The molecular formula is C51H29N3OS2. The van der Waals surface area contributed by atoms with Crippen LogP contribution in [-0.4, -0.2) is 15.0 Å². The number of fused-ring (bicyclic) bond motifs is 9. The van der Waals surface area contributed by atoms with Gasteiger partial charge >= 0.3 is 0 Å². The van der Waals surface area contributed by atoms with Crippen LogP contribution in [0.25, 0.3) is 119 Å². The van der Waals surface area contributed by atoms with Gasteiger partial charge in [-0.25, -0.2) is 15.0 Å². The van der Waals surface area contributed by atoms with E-state index < -0.39 is 0 Å². The van der Waals surface area contributed by atoms with Crippen molar-refractivity contribution in [2.45, 2.75) is 0 Å². The molecule has 0 aliphatic rings. The number of furan rings is 1. The Morgan fingerprint density at radius 2 is 0.807 bits per heavy atom. The van der Waals surface area contributed by atoms with E-state index in [1.807, 2.05) is 83.3 Å². The standard InChI is InChI=1S/C51H29N3OS2/c1-3-11-30(12-4-1)49-52-50(31-13-5-2-6-14-31)54-51(53-49)34-19-22-36-42-28-35(32-20-23-46-40(25-32)37-15-7-9-17-44(37)56-46)27-39(48(42)55-43(36)29-34)33-21-24-47-41(26-33)38-16-8-10-18-45(38)57-47/h1-29H. The molecule has 4 nitrogen and oxygen atoms in total. The molecule has 0 unspecified atom stereocenters. The summed E-state index contributed by atoms with van der Waals surface area (Å²) >= 11 is 3.68. The molecule has 0 bridgehead atoms. The van der Waals surface area contributed by atoms with Crippen LogP contribution in [0.15, 0.2) is 180 Å². The van der Waals surface area contributed by atoms with Gasteiger partial charge in [-0.1, -0.05) is 115 Å². The first kappa shape index (κ1) is 32.3. The number of benzene rings is 8. The maximum atomic E-state index is 6.95. The maximum Gasteiger partial charge on any atom is 0.164 e. The summed E-state index contributed by atoms with van der Waals surface area (Å²) < 4.78 is 12.1. The first-order chi connectivity index (χ1) is 28.2. The summed E-state index contributed by atoms with van der Waals surface area (Å²) in [6.07, 6.45) is 0. The highest BCUT2D eigenvalue weighted by Gasteiger charge is 2.19. The van der Waals surface area contributed by atoms with E-state index in [1.54, 1.807) is 0 Å². The largest absolute Gasteiger partial charge is 0.455 e. The smallest absolute Gasteiger partial charge is 0.164 e. The molecule has 4 heterocycles. The van der Waals surface area contributed by atoms with Crippen molar-refractivity contribution in [2.24, 2.45) is 0 Å². The van der Waals surface area contributed by atoms with E-state index in [-0.39, 0.29) is 0 Å². The van der Waals surface area contributed by atoms with Crippen LogP contribution in [0, 0.1) is 0 Å². The van der Waals surface area contributed by atoms with Crippen LogP contribution in [0.2, 0.25) is 0 Å². The van der Waals surface area contributed by atoms with E-state index in [0.29, 0.717) is 17.5 Å². The molecular weight excluding hydrogens is 735 g/mol. The molecule has 4 aromatic heterocycles. The molecule has 0 aliphatic heterocycles. The van der Waals surface area contributed by atoms with Gasteiger partial charge in [-0.15, -0.1) is 22.7 Å². The molecule has 0 N–H and O–H groups in total. The Balaban J connectivity index is 1.08. The summed E-state index contributed by atoms with van der Waals surface area (Å²) in [5.74, 6) is 1.85. The van der Waals surface area contributed by atoms with Gasteiger partial charge in [0.05, 0.1) is 0 Å². The van der Waals surface area contributed by atoms with Gasteiger partial charge in [0.25, 0.3) is 0 Å². The number of nitrogens with zero attached hydrogens (tertiary/aromatic N) is 3. The fourth-order valence-electron chi connectivity index (χ4n) is 8.14. The Hall–Kier alpha value is -6.99. The summed E-state index contributed by atoms with van der Waals surface area (Å²) in [6.45, 7) is 0. The summed E-state index contributed by atoms with van der Waals surface area (Å²) in [4.78, 5) is 14.9. The van der Waals surface area contributed by atoms with Gasteiger partial charge in [0.1, 0.15) is 11.2 Å². The van der Waals surface area contributed by atoms with Gasteiger partial charge in [0.15, 0.2) is 17.5 Å². The maximum absolute atomic E-state index is 6.95. The van der Waals surface area contributed by atoms with Crippen molar-refractivity contribution < 1.29 is 4.42 Å². The quantitative estimate of drug-likeness (QED) is 0.175. The van der Waals surface area contributed by atoms with Gasteiger partial charge < -0.3 is 4.42 Å². The minimum Gasteiger partial charge on any atom is -0.455 e. The van der Waals surface area contributed by atoms with Crippen LogP contribution in [-0.2, 0) is 0 Å². The van der Waals surface area contributed by atoms with Crippen molar-refractivity contribution >= 4 is 85.0 Å². The number of hydrogen-bond donors (Lipinski definition) is 0. The second-order valence-corrected chi connectivity index (χ2v) is 16.5. The van der Waals surface area contributed by atoms with Crippen molar-refractivity contribution in [1.82, 2.24) is 15.0 Å². The molecule has 0 atom stereocenters. The van der Waals surface area contributed by atoms with Crippen LogP contribution in [0.4, 0.5) is 0 Å². The second-order valence-electron chi connectivity index (χ2n) is 14.4. The molecule has 0 radical (unpaired) electrons. The molecule has 8 aromatic carbocycles. The normalized spacial score (nSPS) is 11.9. The minimum absolute atomic E-state index is 0.594. The molecule has 0 saturated heterocycles. The zero-order chi connectivity index (χ0) is 37.5. The highest BCUT2D eigenvalue weighted by molar-refractivity contribution is 7.26. The zero-order valence-electron chi connectivity index (χ0n) is 30.3. The van der Waals surface area contributed by atoms with E-state index in [4.69, 9.17) is 19.4 Å². The van der Waals surface area contributed by atoms with Crippen molar-refractivity contribution in [2.75, 3.05) is 0 Å². The molecule has 0 fully saturated rings. The fourth-order valence-corrected chi connectivity index (χ4v) is 10.3. The average Bonchev–Trinajstić information content (AvgIpc) is 3.97. The minimum atomic E-state index is 0.594. The van der Waals surface area contributed by atoms with Gasteiger partial charge in [0, 0.05) is 73.4 Å². The molecule has 0 saturated carbocycles. The van der Waals surface area contributed by atoms with Crippen LogP contribution >= 0.6 is 22.7 Å². The van der Waals surface area contributed by atoms with Gasteiger partial charge in [-0.2, -0.15) is 0 Å². The Kier molecular flexibility index (Phi) is 7.24. The molecule has 0 spiro atoms. The summed E-state index contributed by atoms with van der Waals surface area (Å²) in [5, 5.41) is 7.22. The van der Waals surface area contributed by atoms with Crippen LogP contribution in [0.3, 0.4) is 0 Å². The topological polar surface area (TPSA) is 51.8 Å². The first-order valence-electron chi connectivity index (χ1n) is 18.9. The van der Waals surface area contributed by atoms with Crippen molar-refractivity contribution in [3.8, 4) is 56.4 Å². The van der Waals surface area contributed by atoms with Gasteiger partial charge in [-0.05, 0) is 77.4 Å². The monoisotopic (exact) mass is 763 g/mol. The molecule has 6 heteroatoms. The van der Waals surface area contributed by atoms with E-state index in [0.717, 1.165) is 55.3 Å². The van der Waals surface area contributed by atoms with Crippen molar-refractivity contribution in [1.29, 1.82) is 0 Å². The fraction of sp³-hybridized carbons (Fsp3) is 0. The average molecular weight is 764 g/mol. The van der Waals surface area contributed by atoms with Crippen LogP contribution in [0.5, 0.6) is 0 Å². The van der Waals surface area contributed by atoms with E-state index in [1.165, 1.54) is 45.9 Å². The van der Waals surface area contributed by atoms with Gasteiger partial charge in [-0.3, -0.25) is 0 Å². The lowest BCUT2D eigenvalue weighted by molar-refractivity contribution is 0.670. The SMILES string of the molecule is c1ccc(-c2nc(-c3ccccc3)nc(-c3ccc4c(c3)oc3c(-c5ccc6sc7ccccc7c6c5)cc(-c5ccc6sc7ccccc7c6c5)cc34)n2)cc1. The third kappa shape index (κ3) is 5.37. The lowest BCUT2D eigenvalue weighted by Crippen LogP contribution is -2.00. The van der Waals surface area contributed by atoms with Crippen LogP contribution in [0.1, 0.15) is 0 Å². The van der Waals surface area contributed by atoms with E-state index >= 15 is 0 Å².